The predicted molar refractivity (Wildman–Crippen MR) is 79.0 cm³/mol. The van der Waals surface area contributed by atoms with Crippen molar-refractivity contribution in [3.8, 4) is 0 Å². The second-order valence-corrected chi connectivity index (χ2v) is 7.56. The molecule has 2 rings (SSSR count). The standard InChI is InChI=1S/C15H23NO3S/c1-4-15(12-8-13(17)9-12)16-20(18,19)14-6-10(2)5-11(3)7-14/h5-7,12-13,15-17H,4,8-9H2,1-3H3/t12?,13?,15-/m1/s1. The van der Waals surface area contributed by atoms with Crippen LogP contribution in [0.2, 0.25) is 0 Å². The molecule has 0 radical (unpaired) electrons. The summed E-state index contributed by atoms with van der Waals surface area (Å²) in [6.45, 7) is 5.76. The average molecular weight is 297 g/mol. The van der Waals surface area contributed by atoms with E-state index >= 15 is 0 Å². The van der Waals surface area contributed by atoms with Crippen LogP contribution < -0.4 is 4.72 Å². The molecule has 1 aliphatic carbocycles. The van der Waals surface area contributed by atoms with Crippen LogP contribution in [-0.4, -0.2) is 25.7 Å². The zero-order chi connectivity index (χ0) is 14.9. The maximum Gasteiger partial charge on any atom is 0.240 e. The summed E-state index contributed by atoms with van der Waals surface area (Å²) in [7, 11) is -3.49. The quantitative estimate of drug-likeness (QED) is 0.875. The van der Waals surface area contributed by atoms with Gasteiger partial charge in [-0.3, -0.25) is 0 Å². The first-order valence-electron chi connectivity index (χ1n) is 7.10. The van der Waals surface area contributed by atoms with Crippen molar-refractivity contribution in [3.63, 3.8) is 0 Å². The number of nitrogens with one attached hydrogen (secondary N) is 1. The van der Waals surface area contributed by atoms with Gasteiger partial charge in [0.2, 0.25) is 10.0 Å². The molecule has 0 saturated heterocycles. The Balaban J connectivity index is 2.17. The minimum atomic E-state index is -3.49. The molecule has 1 saturated carbocycles. The molecule has 0 spiro atoms. The van der Waals surface area contributed by atoms with E-state index in [1.165, 1.54) is 0 Å². The summed E-state index contributed by atoms with van der Waals surface area (Å²) in [4.78, 5) is 0.327. The van der Waals surface area contributed by atoms with Gasteiger partial charge in [0.25, 0.3) is 0 Å². The lowest BCUT2D eigenvalue weighted by Crippen LogP contribution is -2.46. The lowest BCUT2D eigenvalue weighted by atomic mass is 9.77. The van der Waals surface area contributed by atoms with Crippen LogP contribution in [0.25, 0.3) is 0 Å². The molecule has 4 nitrogen and oxygen atoms in total. The molecule has 1 aromatic rings. The maximum absolute atomic E-state index is 12.5. The molecule has 5 heteroatoms. The highest BCUT2D eigenvalue weighted by molar-refractivity contribution is 7.89. The first-order chi connectivity index (χ1) is 9.31. The van der Waals surface area contributed by atoms with Gasteiger partial charge in [0, 0.05) is 6.04 Å². The molecule has 0 heterocycles. The normalized spacial score (nSPS) is 24.2. The number of aliphatic hydroxyl groups is 1. The molecular weight excluding hydrogens is 274 g/mol. The monoisotopic (exact) mass is 297 g/mol. The number of aliphatic hydroxyl groups excluding tert-OH is 1. The van der Waals surface area contributed by atoms with Gasteiger partial charge in [-0.1, -0.05) is 13.0 Å². The van der Waals surface area contributed by atoms with Crippen LogP contribution in [0.5, 0.6) is 0 Å². The van der Waals surface area contributed by atoms with Gasteiger partial charge in [-0.15, -0.1) is 0 Å². The van der Waals surface area contributed by atoms with Gasteiger partial charge in [-0.05, 0) is 62.3 Å². The summed E-state index contributed by atoms with van der Waals surface area (Å²) >= 11 is 0. The van der Waals surface area contributed by atoms with Gasteiger partial charge in [-0.2, -0.15) is 0 Å². The van der Waals surface area contributed by atoms with E-state index in [9.17, 15) is 13.5 Å². The topological polar surface area (TPSA) is 66.4 Å². The minimum absolute atomic E-state index is 0.0933. The van der Waals surface area contributed by atoms with Crippen molar-refractivity contribution in [2.75, 3.05) is 0 Å². The van der Waals surface area contributed by atoms with Crippen molar-refractivity contribution in [3.05, 3.63) is 29.3 Å². The molecule has 0 aromatic heterocycles. The second-order valence-electron chi connectivity index (χ2n) is 5.84. The lowest BCUT2D eigenvalue weighted by Gasteiger charge is -2.37. The SMILES string of the molecule is CC[C@@H](NS(=O)(=O)c1cc(C)cc(C)c1)C1CC(O)C1. The molecule has 0 bridgehead atoms. The fourth-order valence-corrected chi connectivity index (χ4v) is 4.40. The first kappa shape index (κ1) is 15.5. The third-order valence-electron chi connectivity index (χ3n) is 3.97. The molecule has 0 aliphatic heterocycles. The van der Waals surface area contributed by atoms with E-state index in [-0.39, 0.29) is 18.1 Å². The molecule has 0 amide bonds. The Hall–Kier alpha value is -0.910. The van der Waals surface area contributed by atoms with Crippen LogP contribution in [-0.2, 0) is 10.0 Å². The highest BCUT2D eigenvalue weighted by atomic mass is 32.2. The maximum atomic E-state index is 12.5. The molecule has 1 fully saturated rings. The Morgan fingerprint density at radius 1 is 1.25 bits per heavy atom. The fraction of sp³-hybridized carbons (Fsp3) is 0.600. The fourth-order valence-electron chi connectivity index (χ4n) is 2.83. The highest BCUT2D eigenvalue weighted by Crippen LogP contribution is 2.32. The van der Waals surface area contributed by atoms with Crippen LogP contribution in [0.1, 0.15) is 37.3 Å². The Kier molecular flexibility index (Phi) is 4.52. The van der Waals surface area contributed by atoms with E-state index in [2.05, 4.69) is 4.72 Å². The summed E-state index contributed by atoms with van der Waals surface area (Å²) in [6.07, 6.45) is 1.85. The van der Waals surface area contributed by atoms with Crippen LogP contribution >= 0.6 is 0 Å². The molecule has 1 aliphatic rings. The molecule has 0 unspecified atom stereocenters. The van der Waals surface area contributed by atoms with Gasteiger partial charge in [0.15, 0.2) is 0 Å². The predicted octanol–water partition coefficient (Wildman–Crippen LogP) is 2.13. The second kappa shape index (κ2) is 5.84. The van der Waals surface area contributed by atoms with Gasteiger partial charge >= 0.3 is 0 Å². The summed E-state index contributed by atoms with van der Waals surface area (Å²) < 4.78 is 27.7. The summed E-state index contributed by atoms with van der Waals surface area (Å²) in [5.41, 5.74) is 1.88. The lowest BCUT2D eigenvalue weighted by molar-refractivity contribution is 0.0277. The van der Waals surface area contributed by atoms with Crippen molar-refractivity contribution in [2.45, 2.75) is 57.1 Å². The van der Waals surface area contributed by atoms with Crippen LogP contribution in [0.4, 0.5) is 0 Å². The Labute approximate surface area is 121 Å². The largest absolute Gasteiger partial charge is 0.393 e. The van der Waals surface area contributed by atoms with E-state index in [1.54, 1.807) is 12.1 Å². The summed E-state index contributed by atoms with van der Waals surface area (Å²) in [6, 6.07) is 5.25. The van der Waals surface area contributed by atoms with E-state index < -0.39 is 10.0 Å². The number of hydrogen-bond donors (Lipinski definition) is 2. The molecule has 1 aromatic carbocycles. The first-order valence-corrected chi connectivity index (χ1v) is 8.59. The van der Waals surface area contributed by atoms with Crippen molar-refractivity contribution in [2.24, 2.45) is 5.92 Å². The molecule has 112 valence electrons. The van der Waals surface area contributed by atoms with Gasteiger partial charge in [0.05, 0.1) is 11.0 Å². The Morgan fingerprint density at radius 2 is 1.80 bits per heavy atom. The van der Waals surface area contributed by atoms with Gasteiger partial charge in [-0.25, -0.2) is 13.1 Å². The summed E-state index contributed by atoms with van der Waals surface area (Å²) in [5.74, 6) is 0.246. The van der Waals surface area contributed by atoms with Crippen LogP contribution in [0, 0.1) is 19.8 Å². The van der Waals surface area contributed by atoms with Gasteiger partial charge < -0.3 is 5.11 Å². The summed E-state index contributed by atoms with van der Waals surface area (Å²) in [5, 5.41) is 9.37. The molecule has 20 heavy (non-hydrogen) atoms. The average Bonchev–Trinajstić information content (AvgIpc) is 2.31. The van der Waals surface area contributed by atoms with E-state index in [0.717, 1.165) is 17.5 Å². The number of hydrogen-bond acceptors (Lipinski definition) is 3. The highest BCUT2D eigenvalue weighted by Gasteiger charge is 2.35. The van der Waals surface area contributed by atoms with Gasteiger partial charge in [0.1, 0.15) is 0 Å². The number of sulfonamides is 1. The van der Waals surface area contributed by atoms with Crippen molar-refractivity contribution in [1.29, 1.82) is 0 Å². The van der Waals surface area contributed by atoms with Crippen molar-refractivity contribution < 1.29 is 13.5 Å². The van der Waals surface area contributed by atoms with Crippen molar-refractivity contribution in [1.82, 2.24) is 4.72 Å². The van der Waals surface area contributed by atoms with Crippen LogP contribution in [0.15, 0.2) is 23.1 Å². The number of aryl methyl sites for hydroxylation is 2. The molecule has 2 N–H and O–H groups in total. The minimum Gasteiger partial charge on any atom is -0.393 e. The zero-order valence-corrected chi connectivity index (χ0v) is 13.1. The van der Waals surface area contributed by atoms with Crippen molar-refractivity contribution >= 4 is 10.0 Å². The zero-order valence-electron chi connectivity index (χ0n) is 12.3. The third kappa shape index (κ3) is 3.40. The number of rotatable bonds is 5. The smallest absolute Gasteiger partial charge is 0.240 e. The van der Waals surface area contributed by atoms with E-state index in [1.807, 2.05) is 26.8 Å². The number of benzene rings is 1. The molecule has 1 atom stereocenters. The van der Waals surface area contributed by atoms with E-state index in [4.69, 9.17) is 0 Å². The third-order valence-corrected chi connectivity index (χ3v) is 5.44. The molecular formula is C15H23NO3S. The van der Waals surface area contributed by atoms with E-state index in [0.29, 0.717) is 17.7 Å². The Bertz CT molecular complexity index is 557. The Morgan fingerprint density at radius 3 is 2.25 bits per heavy atom. The van der Waals surface area contributed by atoms with Crippen LogP contribution in [0.3, 0.4) is 0 Å².